The van der Waals surface area contributed by atoms with Gasteiger partial charge in [0.1, 0.15) is 5.75 Å². The summed E-state index contributed by atoms with van der Waals surface area (Å²) in [5.41, 5.74) is 9.43. The quantitative estimate of drug-likeness (QED) is 0.237. The maximum absolute atomic E-state index is 12.3. The summed E-state index contributed by atoms with van der Waals surface area (Å²) >= 11 is 5.33. The van der Waals surface area contributed by atoms with Crippen LogP contribution in [0.4, 0.5) is 24.5 Å². The minimum Gasteiger partial charge on any atom is -0.406 e. The van der Waals surface area contributed by atoms with E-state index in [0.717, 1.165) is 33.7 Å². The summed E-state index contributed by atoms with van der Waals surface area (Å²) in [6.45, 7) is 4.66. The molecule has 1 aliphatic rings. The summed E-state index contributed by atoms with van der Waals surface area (Å²) < 4.78 is 41.0. The number of nitrogens with one attached hydrogen (secondary N) is 2. The fourth-order valence-corrected chi connectivity index (χ4v) is 3.90. The maximum Gasteiger partial charge on any atom is 0.573 e. The zero-order chi connectivity index (χ0) is 25.7. The number of aryl methyl sites for hydroxylation is 2. The molecule has 186 valence electrons. The highest BCUT2D eigenvalue weighted by molar-refractivity contribution is 7.80. The molecule has 0 saturated heterocycles. The second kappa shape index (κ2) is 10.8. The summed E-state index contributed by atoms with van der Waals surface area (Å²) in [4.78, 5) is 0. The fourth-order valence-electron chi connectivity index (χ4n) is 3.75. The Morgan fingerprint density at radius 3 is 2.33 bits per heavy atom. The van der Waals surface area contributed by atoms with E-state index in [1.807, 2.05) is 56.3 Å². The van der Waals surface area contributed by atoms with Gasteiger partial charge in [-0.15, -0.1) is 13.2 Å². The summed E-state index contributed by atoms with van der Waals surface area (Å²) in [7, 11) is 0. The molecule has 4 rings (SSSR count). The molecular formula is C26H24F3N5OS. The molecule has 10 heteroatoms. The van der Waals surface area contributed by atoms with Crippen molar-refractivity contribution in [3.8, 4) is 5.75 Å². The molecule has 0 fully saturated rings. The lowest BCUT2D eigenvalue weighted by Crippen LogP contribution is -2.24. The van der Waals surface area contributed by atoms with E-state index in [4.69, 9.17) is 12.2 Å². The number of nitrogens with zero attached hydrogens (tertiary/aromatic N) is 3. The first-order valence-corrected chi connectivity index (χ1v) is 11.6. The molecule has 0 unspecified atom stereocenters. The van der Waals surface area contributed by atoms with Crippen LogP contribution in [0.5, 0.6) is 5.75 Å². The van der Waals surface area contributed by atoms with Crippen LogP contribution in [0.25, 0.3) is 0 Å². The first-order chi connectivity index (χ1) is 17.2. The Bertz CT molecular complexity index is 1270. The van der Waals surface area contributed by atoms with Crippen molar-refractivity contribution >= 4 is 40.6 Å². The van der Waals surface area contributed by atoms with Crippen molar-refractivity contribution in [2.24, 2.45) is 10.2 Å². The highest BCUT2D eigenvalue weighted by Gasteiger charge is 2.31. The Hall–Kier alpha value is -3.92. The molecule has 0 aromatic heterocycles. The van der Waals surface area contributed by atoms with E-state index < -0.39 is 6.36 Å². The topological polar surface area (TPSA) is 61.2 Å². The molecule has 1 heterocycles. The monoisotopic (exact) mass is 511 g/mol. The molecule has 0 atom stereocenters. The Morgan fingerprint density at radius 2 is 1.69 bits per heavy atom. The first kappa shape index (κ1) is 25.2. The number of hydrogen-bond donors (Lipinski definition) is 2. The molecule has 1 aliphatic heterocycles. The number of thiocarbonyl (C=S) groups is 1. The van der Waals surface area contributed by atoms with Gasteiger partial charge < -0.3 is 10.1 Å². The van der Waals surface area contributed by atoms with E-state index in [1.54, 1.807) is 23.4 Å². The van der Waals surface area contributed by atoms with Crippen LogP contribution in [0.2, 0.25) is 0 Å². The van der Waals surface area contributed by atoms with Crippen molar-refractivity contribution in [2.75, 3.05) is 16.9 Å². The number of benzene rings is 3. The normalized spacial score (nSPS) is 13.6. The van der Waals surface area contributed by atoms with Gasteiger partial charge in [0.25, 0.3) is 0 Å². The zero-order valence-corrected chi connectivity index (χ0v) is 20.5. The van der Waals surface area contributed by atoms with Crippen LogP contribution >= 0.6 is 12.2 Å². The van der Waals surface area contributed by atoms with Crippen LogP contribution in [0.15, 0.2) is 76.9 Å². The van der Waals surface area contributed by atoms with Crippen molar-refractivity contribution in [3.05, 3.63) is 89.0 Å². The molecule has 3 aromatic carbocycles. The standard InChI is InChI=1S/C26H24F3N5OS/c1-17-4-3-5-18(2)24(17)31-25(36)32-30-16-19-6-8-20(9-7-19)23-14-15-34(33-23)21-10-12-22(13-11-21)35-26(27,28)29/h3-13,16H,14-15H2,1-2H3,(H2,31,32,36)/b30-16+. The lowest BCUT2D eigenvalue weighted by atomic mass is 10.1. The van der Waals surface area contributed by atoms with E-state index >= 15 is 0 Å². The number of ether oxygens (including phenoxy) is 1. The molecule has 2 N–H and O–H groups in total. The molecular weight excluding hydrogens is 487 g/mol. The third kappa shape index (κ3) is 6.60. The van der Waals surface area contributed by atoms with Gasteiger partial charge in [-0.3, -0.25) is 10.4 Å². The van der Waals surface area contributed by atoms with Crippen LogP contribution in [0.3, 0.4) is 0 Å². The van der Waals surface area contributed by atoms with Gasteiger partial charge in [0, 0.05) is 18.7 Å². The van der Waals surface area contributed by atoms with Crippen LogP contribution in [-0.4, -0.2) is 29.9 Å². The van der Waals surface area contributed by atoms with Gasteiger partial charge in [0.15, 0.2) is 5.11 Å². The van der Waals surface area contributed by atoms with Crippen molar-refractivity contribution < 1.29 is 17.9 Å². The van der Waals surface area contributed by atoms with E-state index in [0.29, 0.717) is 23.8 Å². The Balaban J connectivity index is 1.33. The van der Waals surface area contributed by atoms with Gasteiger partial charge in [-0.05, 0) is 72.6 Å². The number of rotatable bonds is 6. The second-order valence-corrected chi connectivity index (χ2v) is 8.58. The summed E-state index contributed by atoms with van der Waals surface area (Å²) in [6, 6.07) is 19.5. The number of hydrogen-bond acceptors (Lipinski definition) is 5. The van der Waals surface area contributed by atoms with Crippen molar-refractivity contribution in [2.45, 2.75) is 26.6 Å². The molecule has 3 aromatic rings. The van der Waals surface area contributed by atoms with Gasteiger partial charge in [-0.1, -0.05) is 42.5 Å². The van der Waals surface area contributed by atoms with E-state index in [1.165, 1.54) is 12.1 Å². The summed E-state index contributed by atoms with van der Waals surface area (Å²) in [6.07, 6.45) is -2.32. The van der Waals surface area contributed by atoms with Crippen LogP contribution in [0, 0.1) is 13.8 Å². The maximum atomic E-state index is 12.3. The first-order valence-electron chi connectivity index (χ1n) is 11.2. The predicted molar refractivity (Wildman–Crippen MR) is 141 cm³/mol. The number of para-hydroxylation sites is 1. The zero-order valence-electron chi connectivity index (χ0n) is 19.6. The average molecular weight is 512 g/mol. The molecule has 0 amide bonds. The summed E-state index contributed by atoms with van der Waals surface area (Å²) in [5, 5.41) is 14.2. The highest BCUT2D eigenvalue weighted by Crippen LogP contribution is 2.27. The largest absolute Gasteiger partial charge is 0.573 e. The van der Waals surface area contributed by atoms with Crippen LogP contribution in [0.1, 0.15) is 28.7 Å². The predicted octanol–water partition coefficient (Wildman–Crippen LogP) is 6.14. The molecule has 0 spiro atoms. The average Bonchev–Trinajstić information content (AvgIpc) is 3.32. The minimum absolute atomic E-state index is 0.261. The molecule has 0 bridgehead atoms. The van der Waals surface area contributed by atoms with E-state index in [-0.39, 0.29) is 5.75 Å². The van der Waals surface area contributed by atoms with Gasteiger partial charge in [0.05, 0.1) is 17.6 Å². The Morgan fingerprint density at radius 1 is 1.03 bits per heavy atom. The highest BCUT2D eigenvalue weighted by atomic mass is 32.1. The molecule has 0 radical (unpaired) electrons. The van der Waals surface area contributed by atoms with Gasteiger partial charge in [-0.2, -0.15) is 10.2 Å². The number of hydrazone groups is 2. The van der Waals surface area contributed by atoms with Gasteiger partial charge in [0.2, 0.25) is 0 Å². The van der Waals surface area contributed by atoms with Crippen LogP contribution < -0.4 is 20.5 Å². The third-order valence-electron chi connectivity index (χ3n) is 5.51. The number of anilines is 2. The molecule has 36 heavy (non-hydrogen) atoms. The van der Waals surface area contributed by atoms with Crippen molar-refractivity contribution in [1.82, 2.24) is 5.43 Å². The van der Waals surface area contributed by atoms with E-state index in [2.05, 4.69) is 25.7 Å². The van der Waals surface area contributed by atoms with E-state index in [9.17, 15) is 13.2 Å². The van der Waals surface area contributed by atoms with Gasteiger partial charge in [-0.25, -0.2) is 0 Å². The second-order valence-electron chi connectivity index (χ2n) is 8.17. The van der Waals surface area contributed by atoms with Crippen molar-refractivity contribution in [1.29, 1.82) is 0 Å². The molecule has 0 saturated carbocycles. The fraction of sp³-hybridized carbons (Fsp3) is 0.192. The minimum atomic E-state index is -4.71. The summed E-state index contributed by atoms with van der Waals surface area (Å²) in [5.74, 6) is -0.261. The van der Waals surface area contributed by atoms with Crippen molar-refractivity contribution in [3.63, 3.8) is 0 Å². The molecule has 0 aliphatic carbocycles. The Labute approximate surface area is 212 Å². The lowest BCUT2D eigenvalue weighted by Gasteiger charge is -2.14. The third-order valence-corrected chi connectivity index (χ3v) is 5.71. The Kier molecular flexibility index (Phi) is 7.54. The number of halogens is 3. The number of alkyl halides is 3. The van der Waals surface area contributed by atoms with Gasteiger partial charge >= 0.3 is 6.36 Å². The lowest BCUT2D eigenvalue weighted by molar-refractivity contribution is -0.274. The smallest absolute Gasteiger partial charge is 0.406 e. The molecule has 6 nitrogen and oxygen atoms in total. The van der Waals surface area contributed by atoms with Crippen LogP contribution in [-0.2, 0) is 0 Å². The SMILES string of the molecule is Cc1cccc(C)c1NC(=S)N/N=C/c1ccc(C2=NN(c3ccc(OC(F)(F)F)cc3)CC2)cc1.